The SMILES string of the molecule is CC(C)NC(=O)C[N-]C(=O)C[N-]C(=O)C[N-]C(=O)C[S-].[O]=[Tc+4]. The Morgan fingerprint density at radius 3 is 1.73 bits per heavy atom. The Kier molecular flexibility index (Phi) is 15.2. The summed E-state index contributed by atoms with van der Waals surface area (Å²) in [5.74, 6) is -2.56. The molecule has 0 unspecified atom stereocenters. The van der Waals surface area contributed by atoms with Gasteiger partial charge in [0.05, 0.1) is 0 Å². The summed E-state index contributed by atoms with van der Waals surface area (Å²) < 4.78 is 8.22. The number of carbonyl (C=O) groups excluding carboxylic acids is 4. The molecule has 0 aliphatic heterocycles. The van der Waals surface area contributed by atoms with Gasteiger partial charge >= 0.3 is 22.4 Å². The van der Waals surface area contributed by atoms with Crippen LogP contribution >= 0.6 is 0 Å². The second-order valence-corrected chi connectivity index (χ2v) is 4.29. The molecule has 0 bridgehead atoms. The molecule has 0 spiro atoms. The van der Waals surface area contributed by atoms with Crippen molar-refractivity contribution in [1.29, 1.82) is 0 Å². The number of nitrogens with zero attached hydrogens (tertiary/aromatic N) is 3. The fourth-order valence-corrected chi connectivity index (χ4v) is 1.08. The Hall–Kier alpha value is -1.32. The van der Waals surface area contributed by atoms with Crippen LogP contribution in [0.15, 0.2) is 0 Å². The maximum atomic E-state index is 11.2. The zero-order chi connectivity index (χ0) is 17.5. The summed E-state index contributed by atoms with van der Waals surface area (Å²) in [7, 11) is 0. The van der Waals surface area contributed by atoms with Gasteiger partial charge in [-0.15, -0.1) is 5.75 Å². The van der Waals surface area contributed by atoms with E-state index in [1.807, 2.05) is 0 Å². The van der Waals surface area contributed by atoms with Gasteiger partial charge in [-0.05, 0) is 20.4 Å². The predicted octanol–water partition coefficient (Wildman–Crippen LogP) is -0.362. The maximum absolute atomic E-state index is 11.2. The van der Waals surface area contributed by atoms with E-state index in [4.69, 9.17) is 3.50 Å². The van der Waals surface area contributed by atoms with Crippen LogP contribution in [0.1, 0.15) is 13.8 Å². The molecule has 0 aromatic carbocycles. The first kappa shape index (κ1) is 23.0. The Labute approximate surface area is 144 Å². The van der Waals surface area contributed by atoms with E-state index in [0.29, 0.717) is 0 Å². The van der Waals surface area contributed by atoms with E-state index >= 15 is 0 Å². The minimum atomic E-state index is -0.711. The van der Waals surface area contributed by atoms with Crippen molar-refractivity contribution in [2.75, 3.05) is 25.4 Å². The number of hydrogen-bond donors (Lipinski definition) is 1. The number of rotatable bonds is 8. The molecule has 0 aromatic rings. The van der Waals surface area contributed by atoms with Gasteiger partial charge in [0.2, 0.25) is 5.91 Å². The summed E-state index contributed by atoms with van der Waals surface area (Å²) in [5, 5.41) is 12.7. The van der Waals surface area contributed by atoms with Crippen LogP contribution in [0.2, 0.25) is 0 Å². The van der Waals surface area contributed by atoms with Gasteiger partial charge in [0.1, 0.15) is 0 Å². The molecule has 0 radical (unpaired) electrons. The summed E-state index contributed by atoms with van der Waals surface area (Å²) in [5.41, 5.74) is 0. The van der Waals surface area contributed by atoms with Crippen LogP contribution in [-0.4, -0.2) is 55.1 Å². The van der Waals surface area contributed by atoms with Gasteiger partial charge in [0, 0.05) is 23.8 Å². The Morgan fingerprint density at radius 1 is 0.909 bits per heavy atom. The van der Waals surface area contributed by atoms with Crippen molar-refractivity contribution in [3.8, 4) is 0 Å². The summed E-state index contributed by atoms with van der Waals surface area (Å²) in [6.07, 6.45) is 0. The first-order chi connectivity index (χ1) is 10.3. The van der Waals surface area contributed by atoms with Crippen LogP contribution in [-0.2, 0) is 54.2 Å². The zero-order valence-corrected chi connectivity index (χ0v) is 14.7. The van der Waals surface area contributed by atoms with E-state index in [9.17, 15) is 19.2 Å². The third kappa shape index (κ3) is 15.1. The monoisotopic (exact) mass is 413 g/mol. The number of hydrogen-bond acceptors (Lipinski definition) is 6. The van der Waals surface area contributed by atoms with E-state index < -0.39 is 30.8 Å². The zero-order valence-electron chi connectivity index (χ0n) is 12.1. The Balaban J connectivity index is 0. The van der Waals surface area contributed by atoms with Crippen molar-refractivity contribution in [3.63, 3.8) is 0 Å². The molecule has 123 valence electrons. The topological polar surface area (TPSA) is 140 Å². The van der Waals surface area contributed by atoms with Crippen molar-refractivity contribution in [2.45, 2.75) is 19.9 Å². The van der Waals surface area contributed by atoms with Gasteiger partial charge in [-0.1, -0.05) is 13.1 Å². The molecule has 0 rings (SSSR count). The van der Waals surface area contributed by atoms with Gasteiger partial charge in [0.25, 0.3) is 0 Å². The van der Waals surface area contributed by atoms with Crippen molar-refractivity contribution in [3.05, 3.63) is 16.0 Å². The first-order valence-electron chi connectivity index (χ1n) is 5.99. The standard InChI is InChI=1S/C11H20N4O4S.O.Tc/c1-7(2)15-10(18)5-13-8(16)3-12-9(17)4-14-11(19)6-20;;/h7H,3-6H2,1-2H3,(H5,12,13,14,15,16,17,18,19,20);;/q;;+4/p-4. The molecular formula is C11H16N4O5STc. The molecule has 0 aliphatic rings. The van der Waals surface area contributed by atoms with E-state index in [2.05, 4.69) is 33.9 Å². The van der Waals surface area contributed by atoms with E-state index in [0.717, 1.165) is 18.9 Å². The molecule has 0 aromatic heterocycles. The molecular weight excluding hydrogens is 398 g/mol. The Bertz CT molecular complexity index is 395. The van der Waals surface area contributed by atoms with Gasteiger partial charge in [-0.2, -0.15) is 0 Å². The molecule has 0 saturated heterocycles. The normalized spacial score (nSPS) is 9.18. The van der Waals surface area contributed by atoms with Crippen molar-refractivity contribution in [2.24, 2.45) is 0 Å². The quantitative estimate of drug-likeness (QED) is 0.538. The van der Waals surface area contributed by atoms with Gasteiger partial charge in [-0.3, -0.25) is 4.79 Å². The third-order valence-electron chi connectivity index (χ3n) is 1.75. The molecule has 0 heterocycles. The van der Waals surface area contributed by atoms with Crippen LogP contribution in [0.25, 0.3) is 16.0 Å². The van der Waals surface area contributed by atoms with Crippen molar-refractivity contribution >= 4 is 36.3 Å². The second-order valence-electron chi connectivity index (χ2n) is 4.00. The second kappa shape index (κ2) is 14.6. The molecule has 4 amide bonds. The van der Waals surface area contributed by atoms with E-state index in [1.165, 1.54) is 0 Å². The van der Waals surface area contributed by atoms with Crippen LogP contribution in [0.3, 0.4) is 0 Å². The van der Waals surface area contributed by atoms with Crippen molar-refractivity contribution < 1.29 is 41.5 Å². The fraction of sp³-hybridized carbons (Fsp3) is 0.636. The molecule has 0 atom stereocenters. The first-order valence-corrected chi connectivity index (χ1v) is 7.32. The summed E-state index contributed by atoms with van der Waals surface area (Å²) in [6.45, 7) is 2.35. The Morgan fingerprint density at radius 2 is 1.32 bits per heavy atom. The van der Waals surface area contributed by atoms with Gasteiger partial charge in [-0.25, -0.2) is 0 Å². The van der Waals surface area contributed by atoms with Crippen LogP contribution in [0.4, 0.5) is 0 Å². The summed E-state index contributed by atoms with van der Waals surface area (Å²) in [4.78, 5) is 44.3. The van der Waals surface area contributed by atoms with Gasteiger partial charge < -0.3 is 48.3 Å². The third-order valence-corrected chi connectivity index (χ3v) is 2.00. The van der Waals surface area contributed by atoms with E-state index in [-0.39, 0.29) is 24.2 Å². The summed E-state index contributed by atoms with van der Waals surface area (Å²) >= 11 is 5.33. The average molecular weight is 414 g/mol. The number of carbonyl (C=O) groups is 4. The van der Waals surface area contributed by atoms with E-state index in [1.54, 1.807) is 13.8 Å². The molecule has 1 N–H and O–H groups in total. The molecule has 22 heavy (non-hydrogen) atoms. The van der Waals surface area contributed by atoms with Crippen molar-refractivity contribution in [1.82, 2.24) is 5.32 Å². The molecule has 0 fully saturated rings. The van der Waals surface area contributed by atoms with Crippen LogP contribution in [0.5, 0.6) is 0 Å². The molecule has 11 heteroatoms. The number of amides is 4. The average Bonchev–Trinajstić information content (AvgIpc) is 2.49. The molecule has 0 aliphatic carbocycles. The molecule has 9 nitrogen and oxygen atoms in total. The summed E-state index contributed by atoms with van der Waals surface area (Å²) in [6, 6.07) is -0.0393. The minimum absolute atomic E-state index is 0.0393. The van der Waals surface area contributed by atoms with Crippen LogP contribution < -0.4 is 5.32 Å². The van der Waals surface area contributed by atoms with Gasteiger partial charge in [0.15, 0.2) is 0 Å². The molecule has 0 saturated carbocycles. The number of nitrogens with one attached hydrogen (secondary N) is 1. The predicted molar refractivity (Wildman–Crippen MR) is 75.9 cm³/mol. The van der Waals surface area contributed by atoms with Crippen LogP contribution in [0, 0.1) is 0 Å². The fourth-order valence-electron chi connectivity index (χ4n) is 0.985.